The van der Waals surface area contributed by atoms with Crippen molar-refractivity contribution < 1.29 is 24.9 Å². The highest BCUT2D eigenvalue weighted by atomic mass is 16.5. The lowest BCUT2D eigenvalue weighted by atomic mass is 9.88. The van der Waals surface area contributed by atoms with E-state index in [9.17, 15) is 20.1 Å². The van der Waals surface area contributed by atoms with Crippen LogP contribution in [0.25, 0.3) is 0 Å². The number of esters is 1. The molecule has 0 aliphatic heterocycles. The van der Waals surface area contributed by atoms with E-state index in [1.165, 1.54) is 12.1 Å². The molecule has 0 unspecified atom stereocenters. The van der Waals surface area contributed by atoms with Gasteiger partial charge in [0.25, 0.3) is 0 Å². The molecule has 0 amide bonds. The molecule has 2 rings (SSSR count). The van der Waals surface area contributed by atoms with Crippen molar-refractivity contribution in [3.8, 4) is 11.5 Å². The van der Waals surface area contributed by atoms with Crippen LogP contribution in [0.3, 0.4) is 0 Å². The first-order valence-electron chi connectivity index (χ1n) is 7.89. The first-order valence-corrected chi connectivity index (χ1v) is 7.89. The van der Waals surface area contributed by atoms with Crippen molar-refractivity contribution in [2.24, 2.45) is 5.92 Å². The summed E-state index contributed by atoms with van der Waals surface area (Å²) in [7, 11) is 0. The lowest BCUT2D eigenvalue weighted by Crippen LogP contribution is -2.22. The topological polar surface area (TPSA) is 87.0 Å². The minimum atomic E-state index is -0.218. The van der Waals surface area contributed by atoms with Crippen LogP contribution in [-0.4, -0.2) is 34.0 Å². The maximum Gasteiger partial charge on any atom is 0.305 e. The van der Waals surface area contributed by atoms with E-state index in [4.69, 9.17) is 4.74 Å². The summed E-state index contributed by atoms with van der Waals surface area (Å²) in [5, 5.41) is 28.3. The summed E-state index contributed by atoms with van der Waals surface area (Å²) in [6, 6.07) is 4.47. The molecule has 5 heteroatoms. The molecule has 1 aliphatic carbocycles. The number of rotatable bonds is 6. The summed E-state index contributed by atoms with van der Waals surface area (Å²) < 4.78 is 5.28. The molecule has 22 heavy (non-hydrogen) atoms. The number of carbonyl (C=O) groups is 1. The van der Waals surface area contributed by atoms with E-state index in [0.717, 1.165) is 25.7 Å². The number of benzene rings is 1. The van der Waals surface area contributed by atoms with Crippen LogP contribution >= 0.6 is 0 Å². The third-order valence-corrected chi connectivity index (χ3v) is 4.19. The van der Waals surface area contributed by atoms with Gasteiger partial charge < -0.3 is 20.1 Å². The molecule has 1 fully saturated rings. The van der Waals surface area contributed by atoms with Crippen molar-refractivity contribution in [3.63, 3.8) is 0 Å². The Morgan fingerprint density at radius 1 is 1.18 bits per heavy atom. The van der Waals surface area contributed by atoms with E-state index in [1.807, 2.05) is 0 Å². The lowest BCUT2D eigenvalue weighted by Gasteiger charge is -2.24. The van der Waals surface area contributed by atoms with E-state index in [-0.39, 0.29) is 23.6 Å². The van der Waals surface area contributed by atoms with Crippen molar-refractivity contribution in [3.05, 3.63) is 23.8 Å². The molecule has 5 nitrogen and oxygen atoms in total. The molecule has 0 saturated heterocycles. The third kappa shape index (κ3) is 5.22. The van der Waals surface area contributed by atoms with Gasteiger partial charge >= 0.3 is 5.97 Å². The van der Waals surface area contributed by atoms with E-state index in [2.05, 4.69) is 0 Å². The van der Waals surface area contributed by atoms with Crippen LogP contribution in [0.5, 0.6) is 11.5 Å². The highest BCUT2D eigenvalue weighted by molar-refractivity contribution is 5.69. The zero-order valence-corrected chi connectivity index (χ0v) is 12.7. The largest absolute Gasteiger partial charge is 0.508 e. The number of aliphatic hydroxyl groups excluding tert-OH is 1. The van der Waals surface area contributed by atoms with Crippen molar-refractivity contribution in [2.75, 3.05) is 6.61 Å². The van der Waals surface area contributed by atoms with Crippen molar-refractivity contribution in [2.45, 2.75) is 51.0 Å². The van der Waals surface area contributed by atoms with Crippen molar-refractivity contribution in [1.29, 1.82) is 0 Å². The van der Waals surface area contributed by atoms with Crippen LogP contribution in [0.1, 0.15) is 44.1 Å². The molecule has 1 aromatic carbocycles. The van der Waals surface area contributed by atoms with Gasteiger partial charge in [0, 0.05) is 12.5 Å². The molecule has 0 aromatic heterocycles. The Balaban J connectivity index is 1.63. The average molecular weight is 308 g/mol. The fourth-order valence-electron chi connectivity index (χ4n) is 2.78. The van der Waals surface area contributed by atoms with Crippen LogP contribution in [0.2, 0.25) is 0 Å². The molecular formula is C17H24O5. The lowest BCUT2D eigenvalue weighted by molar-refractivity contribution is -0.145. The third-order valence-electron chi connectivity index (χ3n) is 4.19. The summed E-state index contributed by atoms with van der Waals surface area (Å²) in [5.74, 6) is 0.227. The number of aromatic hydroxyl groups is 2. The molecule has 3 N–H and O–H groups in total. The van der Waals surface area contributed by atoms with Crippen LogP contribution in [0.15, 0.2) is 18.2 Å². The monoisotopic (exact) mass is 308 g/mol. The Morgan fingerprint density at radius 3 is 2.59 bits per heavy atom. The van der Waals surface area contributed by atoms with E-state index < -0.39 is 0 Å². The smallest absolute Gasteiger partial charge is 0.305 e. The number of phenolic OH excluding ortho intramolecular Hbond substituents is 2. The summed E-state index contributed by atoms with van der Waals surface area (Å²) in [6.45, 7) is 0.440. The number of hydrogen-bond acceptors (Lipinski definition) is 5. The van der Waals surface area contributed by atoms with E-state index in [1.54, 1.807) is 6.07 Å². The van der Waals surface area contributed by atoms with E-state index >= 15 is 0 Å². The maximum atomic E-state index is 11.7. The van der Waals surface area contributed by atoms with Gasteiger partial charge in [-0.15, -0.1) is 0 Å². The Hall–Kier alpha value is -1.75. The fraction of sp³-hybridized carbons (Fsp3) is 0.588. The number of aryl methyl sites for hydroxylation is 1. The van der Waals surface area contributed by atoms with Gasteiger partial charge in [-0.25, -0.2) is 0 Å². The summed E-state index contributed by atoms with van der Waals surface area (Å²) in [4.78, 5) is 11.7. The molecule has 122 valence electrons. The molecular weight excluding hydrogens is 284 g/mol. The van der Waals surface area contributed by atoms with Gasteiger partial charge in [0.1, 0.15) is 11.5 Å². The molecule has 0 radical (unpaired) electrons. The first-order chi connectivity index (χ1) is 10.5. The maximum absolute atomic E-state index is 11.7. The number of carbonyl (C=O) groups excluding carboxylic acids is 1. The number of aliphatic hydroxyl groups is 1. The van der Waals surface area contributed by atoms with Gasteiger partial charge in [-0.05, 0) is 56.1 Å². The Morgan fingerprint density at radius 2 is 1.91 bits per heavy atom. The summed E-state index contributed by atoms with van der Waals surface area (Å²) in [5.41, 5.74) is 0.715. The van der Waals surface area contributed by atoms with E-state index in [0.29, 0.717) is 37.4 Å². The summed E-state index contributed by atoms with van der Waals surface area (Å²) in [6.07, 6.45) is 4.70. The zero-order valence-electron chi connectivity index (χ0n) is 12.7. The SMILES string of the molecule is O=C(CCCc1ccc(O)cc1O)OCC1CCC(O)CC1. The predicted octanol–water partition coefficient (Wildman–Crippen LogP) is 2.51. The Kier molecular flexibility index (Phi) is 6.07. The van der Waals surface area contributed by atoms with Crippen LogP contribution in [-0.2, 0) is 16.0 Å². The number of ether oxygens (including phenoxy) is 1. The molecule has 0 bridgehead atoms. The predicted molar refractivity (Wildman–Crippen MR) is 81.6 cm³/mol. The van der Waals surface area contributed by atoms with Gasteiger partial charge in [-0.2, -0.15) is 0 Å². The Bertz CT molecular complexity index is 492. The second kappa shape index (κ2) is 8.03. The second-order valence-electron chi connectivity index (χ2n) is 6.02. The van der Waals surface area contributed by atoms with Crippen LogP contribution in [0.4, 0.5) is 0 Å². The Labute approximate surface area is 130 Å². The van der Waals surface area contributed by atoms with Gasteiger partial charge in [-0.3, -0.25) is 4.79 Å². The molecule has 1 saturated carbocycles. The van der Waals surface area contributed by atoms with Crippen molar-refractivity contribution >= 4 is 5.97 Å². The van der Waals surface area contributed by atoms with Gasteiger partial charge in [0.15, 0.2) is 0 Å². The highest BCUT2D eigenvalue weighted by Gasteiger charge is 2.20. The van der Waals surface area contributed by atoms with Crippen molar-refractivity contribution in [1.82, 2.24) is 0 Å². The molecule has 0 atom stereocenters. The first kappa shape index (κ1) is 16.6. The normalized spacial score (nSPS) is 21.5. The standard InChI is InChI=1S/C17H24O5/c18-14-7-4-12(5-8-14)11-22-17(21)3-1-2-13-6-9-15(19)10-16(13)20/h6,9-10,12,14,18-20H,1-5,7-8,11H2. The van der Waals surface area contributed by atoms with Gasteiger partial charge in [-0.1, -0.05) is 6.07 Å². The minimum absolute atomic E-state index is 0.0262. The minimum Gasteiger partial charge on any atom is -0.508 e. The van der Waals surface area contributed by atoms with Gasteiger partial charge in [0.2, 0.25) is 0 Å². The molecule has 0 spiro atoms. The van der Waals surface area contributed by atoms with Crippen LogP contribution in [0, 0.1) is 5.92 Å². The zero-order chi connectivity index (χ0) is 15.9. The van der Waals surface area contributed by atoms with Gasteiger partial charge in [0.05, 0.1) is 12.7 Å². The quantitative estimate of drug-likeness (QED) is 0.703. The number of phenols is 2. The molecule has 0 heterocycles. The highest BCUT2D eigenvalue weighted by Crippen LogP contribution is 2.25. The molecule has 1 aliphatic rings. The second-order valence-corrected chi connectivity index (χ2v) is 6.02. The average Bonchev–Trinajstić information content (AvgIpc) is 2.49. The van der Waals surface area contributed by atoms with Crippen LogP contribution < -0.4 is 0 Å². The fourth-order valence-corrected chi connectivity index (χ4v) is 2.78. The summed E-state index contributed by atoms with van der Waals surface area (Å²) >= 11 is 0. The number of hydrogen-bond donors (Lipinski definition) is 3. The molecule has 1 aromatic rings.